The number of aromatic nitrogens is 4. The van der Waals surface area contributed by atoms with Crippen molar-refractivity contribution in [3.63, 3.8) is 0 Å². The number of nitrogens with one attached hydrogen (secondary N) is 1. The van der Waals surface area contributed by atoms with Gasteiger partial charge >= 0.3 is 0 Å². The maximum Gasteiger partial charge on any atom is 0.148 e. The summed E-state index contributed by atoms with van der Waals surface area (Å²) in [4.78, 5) is 3.95. The third-order valence-electron chi connectivity index (χ3n) is 1.92. The van der Waals surface area contributed by atoms with Crippen molar-refractivity contribution >= 4 is 11.6 Å². The minimum absolute atomic E-state index is 0.426. The van der Waals surface area contributed by atoms with E-state index in [-0.39, 0.29) is 0 Å². The molecule has 2 aromatic heterocycles. The molecule has 0 amide bonds. The summed E-state index contributed by atoms with van der Waals surface area (Å²) in [6.07, 6.45) is 5.44. The summed E-state index contributed by atoms with van der Waals surface area (Å²) >= 11 is 0. The average Bonchev–Trinajstić information content (AvgIpc) is 2.74. The van der Waals surface area contributed by atoms with Crippen LogP contribution in [0.25, 0.3) is 0 Å². The molecule has 0 aliphatic carbocycles. The molecule has 0 aliphatic rings. The second-order valence-electron chi connectivity index (χ2n) is 3.07. The number of rotatable bonds is 4. The average molecular weight is 204 g/mol. The molecule has 0 saturated carbocycles. The number of imidazole rings is 1. The van der Waals surface area contributed by atoms with Gasteiger partial charge in [0.05, 0.1) is 6.33 Å². The van der Waals surface area contributed by atoms with Crippen LogP contribution in [0.1, 0.15) is 0 Å². The molecule has 6 heteroatoms. The smallest absolute Gasteiger partial charge is 0.148 e. The van der Waals surface area contributed by atoms with Crippen molar-refractivity contribution in [1.29, 1.82) is 0 Å². The fraction of sp³-hybridized carbons (Fsp3) is 0.222. The topological polar surface area (TPSA) is 81.6 Å². The fourth-order valence-corrected chi connectivity index (χ4v) is 1.17. The lowest BCUT2D eigenvalue weighted by Crippen LogP contribution is -2.10. The quantitative estimate of drug-likeness (QED) is 0.751. The molecule has 3 N–H and O–H groups in total. The van der Waals surface area contributed by atoms with Crippen molar-refractivity contribution in [2.24, 2.45) is 0 Å². The van der Waals surface area contributed by atoms with E-state index in [4.69, 9.17) is 5.73 Å². The summed E-state index contributed by atoms with van der Waals surface area (Å²) in [7, 11) is 0. The predicted octanol–water partition coefficient (Wildman–Crippen LogP) is 0.367. The Hall–Kier alpha value is -2.11. The first kappa shape index (κ1) is 9.45. The number of nitrogens with zero attached hydrogens (tertiary/aromatic N) is 4. The van der Waals surface area contributed by atoms with E-state index in [9.17, 15) is 0 Å². The summed E-state index contributed by atoms with van der Waals surface area (Å²) in [5.74, 6) is 1.15. The van der Waals surface area contributed by atoms with Gasteiger partial charge in [0.25, 0.3) is 0 Å². The summed E-state index contributed by atoms with van der Waals surface area (Å²) in [5, 5.41) is 10.8. The molecule has 2 rings (SSSR count). The SMILES string of the molecule is Nc1ccc(NCCn2ccnc2)nn1. The lowest BCUT2D eigenvalue weighted by molar-refractivity contribution is 0.724. The Kier molecular flexibility index (Phi) is 2.77. The lowest BCUT2D eigenvalue weighted by atomic mass is 10.5. The minimum Gasteiger partial charge on any atom is -0.382 e. The number of hydrogen-bond acceptors (Lipinski definition) is 5. The molecule has 15 heavy (non-hydrogen) atoms. The van der Waals surface area contributed by atoms with E-state index < -0.39 is 0 Å². The molecule has 2 heterocycles. The number of nitrogens with two attached hydrogens (primary N) is 1. The number of hydrogen-bond donors (Lipinski definition) is 2. The van der Waals surface area contributed by atoms with Crippen LogP contribution in [0.5, 0.6) is 0 Å². The molecule has 78 valence electrons. The zero-order valence-electron chi connectivity index (χ0n) is 8.17. The molecule has 0 bridgehead atoms. The van der Waals surface area contributed by atoms with Gasteiger partial charge in [-0.1, -0.05) is 0 Å². The molecule has 0 spiro atoms. The molecule has 6 nitrogen and oxygen atoms in total. The van der Waals surface area contributed by atoms with Crippen LogP contribution in [0.2, 0.25) is 0 Å². The first-order valence-corrected chi connectivity index (χ1v) is 4.63. The third kappa shape index (κ3) is 2.67. The highest BCUT2D eigenvalue weighted by molar-refractivity contribution is 5.38. The van der Waals surface area contributed by atoms with Crippen LogP contribution in [0.3, 0.4) is 0 Å². The van der Waals surface area contributed by atoms with Crippen molar-refractivity contribution in [1.82, 2.24) is 19.7 Å². The van der Waals surface area contributed by atoms with E-state index in [1.807, 2.05) is 10.8 Å². The van der Waals surface area contributed by atoms with Gasteiger partial charge in [0, 0.05) is 25.5 Å². The molecule has 0 unspecified atom stereocenters. The van der Waals surface area contributed by atoms with E-state index in [1.165, 1.54) is 0 Å². The van der Waals surface area contributed by atoms with Crippen molar-refractivity contribution in [2.75, 3.05) is 17.6 Å². The van der Waals surface area contributed by atoms with Crippen molar-refractivity contribution in [2.45, 2.75) is 6.54 Å². The van der Waals surface area contributed by atoms with Crippen LogP contribution in [-0.4, -0.2) is 26.3 Å². The second kappa shape index (κ2) is 4.41. The van der Waals surface area contributed by atoms with Gasteiger partial charge < -0.3 is 15.6 Å². The summed E-state index contributed by atoms with van der Waals surface area (Å²) in [6.45, 7) is 1.61. The zero-order chi connectivity index (χ0) is 10.5. The number of anilines is 2. The van der Waals surface area contributed by atoms with Gasteiger partial charge in [-0.3, -0.25) is 0 Å². The van der Waals surface area contributed by atoms with Crippen LogP contribution >= 0.6 is 0 Å². The Morgan fingerprint density at radius 2 is 2.27 bits per heavy atom. The normalized spacial score (nSPS) is 10.1. The van der Waals surface area contributed by atoms with E-state index >= 15 is 0 Å². The largest absolute Gasteiger partial charge is 0.382 e. The maximum atomic E-state index is 5.42. The summed E-state index contributed by atoms with van der Waals surface area (Å²) in [5.41, 5.74) is 5.42. The van der Waals surface area contributed by atoms with Gasteiger partial charge in [-0.25, -0.2) is 4.98 Å². The van der Waals surface area contributed by atoms with Crippen LogP contribution in [-0.2, 0) is 6.54 Å². The molecule has 0 atom stereocenters. The van der Waals surface area contributed by atoms with Crippen LogP contribution in [0, 0.1) is 0 Å². The predicted molar refractivity (Wildman–Crippen MR) is 57.2 cm³/mol. The molecule has 0 aromatic carbocycles. The lowest BCUT2D eigenvalue weighted by Gasteiger charge is -2.04. The van der Waals surface area contributed by atoms with E-state index in [0.717, 1.165) is 18.9 Å². The Bertz CT molecular complexity index is 393. The standard InChI is InChI=1S/C9H12N6/c10-8-1-2-9(14-13-8)12-4-6-15-5-3-11-7-15/h1-3,5,7H,4,6H2,(H2,10,13)(H,12,14). The zero-order valence-corrected chi connectivity index (χ0v) is 8.17. The summed E-state index contributed by atoms with van der Waals surface area (Å²) < 4.78 is 1.98. The first-order valence-electron chi connectivity index (χ1n) is 4.63. The maximum absolute atomic E-state index is 5.42. The minimum atomic E-state index is 0.426. The molecule has 0 radical (unpaired) electrons. The summed E-state index contributed by atoms with van der Waals surface area (Å²) in [6, 6.07) is 3.52. The Balaban J connectivity index is 1.81. The monoisotopic (exact) mass is 204 g/mol. The van der Waals surface area contributed by atoms with Gasteiger partial charge in [0.2, 0.25) is 0 Å². The van der Waals surface area contributed by atoms with Gasteiger partial charge in [0.1, 0.15) is 11.6 Å². The van der Waals surface area contributed by atoms with Crippen LogP contribution < -0.4 is 11.1 Å². The van der Waals surface area contributed by atoms with E-state index in [1.54, 1.807) is 24.7 Å². The van der Waals surface area contributed by atoms with Crippen LogP contribution in [0.15, 0.2) is 30.9 Å². The molecular formula is C9H12N6. The van der Waals surface area contributed by atoms with Gasteiger partial charge in [0.15, 0.2) is 0 Å². The fourth-order valence-electron chi connectivity index (χ4n) is 1.17. The number of nitrogen functional groups attached to an aromatic ring is 1. The van der Waals surface area contributed by atoms with E-state index in [2.05, 4.69) is 20.5 Å². The van der Waals surface area contributed by atoms with E-state index in [0.29, 0.717) is 5.82 Å². The van der Waals surface area contributed by atoms with Crippen molar-refractivity contribution in [3.8, 4) is 0 Å². The Labute approximate surface area is 87.2 Å². The van der Waals surface area contributed by atoms with Crippen molar-refractivity contribution in [3.05, 3.63) is 30.9 Å². The molecule has 2 aromatic rings. The molecule has 0 aliphatic heterocycles. The van der Waals surface area contributed by atoms with Crippen molar-refractivity contribution < 1.29 is 0 Å². The molecular weight excluding hydrogens is 192 g/mol. The van der Waals surface area contributed by atoms with Gasteiger partial charge in [-0.15, -0.1) is 10.2 Å². The highest BCUT2D eigenvalue weighted by Crippen LogP contribution is 2.01. The third-order valence-corrected chi connectivity index (χ3v) is 1.92. The highest BCUT2D eigenvalue weighted by atomic mass is 15.2. The Morgan fingerprint density at radius 1 is 1.33 bits per heavy atom. The van der Waals surface area contributed by atoms with Gasteiger partial charge in [-0.2, -0.15) is 0 Å². The molecule has 0 saturated heterocycles. The molecule has 0 fully saturated rings. The van der Waals surface area contributed by atoms with Gasteiger partial charge in [-0.05, 0) is 12.1 Å². The highest BCUT2D eigenvalue weighted by Gasteiger charge is 1.94. The first-order chi connectivity index (χ1) is 7.34. The van der Waals surface area contributed by atoms with Crippen LogP contribution in [0.4, 0.5) is 11.6 Å². The Morgan fingerprint density at radius 3 is 2.93 bits per heavy atom. The second-order valence-corrected chi connectivity index (χ2v) is 3.07.